The van der Waals surface area contributed by atoms with Gasteiger partial charge < -0.3 is 5.73 Å². The molecule has 0 amide bonds. The highest BCUT2D eigenvalue weighted by atomic mass is 16.1. The van der Waals surface area contributed by atoms with Gasteiger partial charge in [-0.1, -0.05) is 6.92 Å². The Morgan fingerprint density at radius 2 is 2.42 bits per heavy atom. The van der Waals surface area contributed by atoms with Gasteiger partial charge >= 0.3 is 0 Å². The third-order valence-electron chi connectivity index (χ3n) is 1.58. The van der Waals surface area contributed by atoms with Gasteiger partial charge in [0, 0.05) is 12.6 Å². The summed E-state index contributed by atoms with van der Waals surface area (Å²) in [6.45, 7) is 1.96. The molecule has 0 bridgehead atoms. The predicted molar refractivity (Wildman–Crippen MR) is 47.9 cm³/mol. The normalized spacial score (nSPS) is 9.75. The molecule has 1 aromatic heterocycles. The Bertz CT molecular complexity index is 284. The molecule has 0 saturated carbocycles. The highest BCUT2D eigenvalue weighted by Gasteiger charge is 2.08. The second-order valence-electron chi connectivity index (χ2n) is 2.61. The number of ketones is 1. The Morgan fingerprint density at radius 3 is 3.00 bits per heavy atom. The minimum atomic E-state index is 0.0237. The zero-order valence-electron chi connectivity index (χ0n) is 7.08. The van der Waals surface area contributed by atoms with Gasteiger partial charge in [-0.05, 0) is 18.6 Å². The molecule has 1 rings (SSSR count). The molecule has 0 aromatic carbocycles. The van der Waals surface area contributed by atoms with E-state index in [0.717, 1.165) is 6.42 Å². The molecule has 0 aliphatic rings. The topological polar surface area (TPSA) is 56.0 Å². The molecule has 0 aliphatic carbocycles. The van der Waals surface area contributed by atoms with Crippen LogP contribution in [-0.4, -0.2) is 10.8 Å². The molecule has 3 heteroatoms. The van der Waals surface area contributed by atoms with Crippen molar-refractivity contribution < 1.29 is 4.79 Å². The number of nitrogens with two attached hydrogens (primary N) is 1. The molecule has 0 aliphatic heterocycles. The number of hydrogen-bond donors (Lipinski definition) is 1. The van der Waals surface area contributed by atoms with Crippen LogP contribution < -0.4 is 5.73 Å². The summed E-state index contributed by atoms with van der Waals surface area (Å²) in [6.07, 6.45) is 2.93. The summed E-state index contributed by atoms with van der Waals surface area (Å²) in [4.78, 5) is 15.2. The van der Waals surface area contributed by atoms with Crippen LogP contribution in [0.25, 0.3) is 0 Å². The minimum absolute atomic E-state index is 0.0237. The van der Waals surface area contributed by atoms with Crippen LogP contribution in [0.3, 0.4) is 0 Å². The van der Waals surface area contributed by atoms with Crippen molar-refractivity contribution in [3.05, 3.63) is 24.0 Å². The number of nitrogen functional groups attached to an aromatic ring is 1. The van der Waals surface area contributed by atoms with Crippen LogP contribution in [0.4, 0.5) is 5.69 Å². The maximum absolute atomic E-state index is 11.3. The van der Waals surface area contributed by atoms with E-state index >= 15 is 0 Å². The molecule has 1 aromatic rings. The lowest BCUT2D eigenvalue weighted by molar-refractivity contribution is 0.0978. The van der Waals surface area contributed by atoms with Crippen LogP contribution in [0.2, 0.25) is 0 Å². The molecule has 64 valence electrons. The first kappa shape index (κ1) is 8.71. The Labute approximate surface area is 71.6 Å². The van der Waals surface area contributed by atoms with Gasteiger partial charge in [0.15, 0.2) is 5.78 Å². The second kappa shape index (κ2) is 3.85. The lowest BCUT2D eigenvalue weighted by Gasteiger charge is -2.00. The number of aromatic nitrogens is 1. The Kier molecular flexibility index (Phi) is 2.80. The Morgan fingerprint density at radius 1 is 1.67 bits per heavy atom. The molecule has 0 radical (unpaired) electrons. The molecule has 3 nitrogen and oxygen atoms in total. The maximum atomic E-state index is 11.3. The zero-order chi connectivity index (χ0) is 8.97. The summed E-state index contributed by atoms with van der Waals surface area (Å²) < 4.78 is 0. The number of hydrogen-bond acceptors (Lipinski definition) is 3. The fraction of sp³-hybridized carbons (Fsp3) is 0.333. The molecular weight excluding hydrogens is 152 g/mol. The van der Waals surface area contributed by atoms with Crippen molar-refractivity contribution in [1.82, 2.24) is 4.98 Å². The summed E-state index contributed by atoms with van der Waals surface area (Å²) in [7, 11) is 0. The van der Waals surface area contributed by atoms with Gasteiger partial charge in [-0.25, -0.2) is 0 Å². The summed E-state index contributed by atoms with van der Waals surface area (Å²) in [5, 5.41) is 0. The van der Waals surface area contributed by atoms with Crippen LogP contribution in [-0.2, 0) is 0 Å². The average molecular weight is 164 g/mol. The number of anilines is 1. The van der Waals surface area contributed by atoms with Crippen LogP contribution in [0.15, 0.2) is 18.3 Å². The van der Waals surface area contributed by atoms with Crippen molar-refractivity contribution >= 4 is 11.5 Å². The third-order valence-corrected chi connectivity index (χ3v) is 1.58. The molecule has 0 unspecified atom stereocenters. The average Bonchev–Trinajstić information content (AvgIpc) is 2.05. The first-order valence-electron chi connectivity index (χ1n) is 3.99. The number of carbonyl (C=O) groups is 1. The lowest BCUT2D eigenvalue weighted by Crippen LogP contribution is -2.05. The molecule has 2 N–H and O–H groups in total. The van der Waals surface area contributed by atoms with Gasteiger partial charge in [-0.2, -0.15) is 0 Å². The van der Waals surface area contributed by atoms with Gasteiger partial charge in [-0.15, -0.1) is 0 Å². The summed E-state index contributed by atoms with van der Waals surface area (Å²) >= 11 is 0. The highest BCUT2D eigenvalue weighted by molar-refractivity contribution is 5.98. The molecule has 12 heavy (non-hydrogen) atoms. The van der Waals surface area contributed by atoms with E-state index in [0.29, 0.717) is 17.8 Å². The number of carbonyl (C=O) groups excluding carboxylic acids is 1. The van der Waals surface area contributed by atoms with Crippen LogP contribution in [0, 0.1) is 0 Å². The Hall–Kier alpha value is -1.38. The molecule has 1 heterocycles. The molecule has 0 fully saturated rings. The fourth-order valence-corrected chi connectivity index (χ4v) is 0.996. The number of Topliss-reactive ketones (excluding diaryl/α,β-unsaturated/α-hetero) is 1. The molecule has 0 saturated heterocycles. The van der Waals surface area contributed by atoms with Gasteiger partial charge in [0.2, 0.25) is 0 Å². The first-order chi connectivity index (χ1) is 5.75. The van der Waals surface area contributed by atoms with Crippen LogP contribution in [0.5, 0.6) is 0 Å². The number of rotatable bonds is 3. The van der Waals surface area contributed by atoms with Crippen molar-refractivity contribution in [2.45, 2.75) is 19.8 Å². The smallest absolute Gasteiger partial charge is 0.183 e. The molecule has 0 atom stereocenters. The zero-order valence-corrected chi connectivity index (χ0v) is 7.08. The van der Waals surface area contributed by atoms with Crippen molar-refractivity contribution in [2.75, 3.05) is 5.73 Å². The monoisotopic (exact) mass is 164 g/mol. The maximum Gasteiger partial charge on any atom is 0.183 e. The van der Waals surface area contributed by atoms with E-state index in [4.69, 9.17) is 5.73 Å². The number of pyridine rings is 1. The second-order valence-corrected chi connectivity index (χ2v) is 2.61. The summed E-state index contributed by atoms with van der Waals surface area (Å²) in [5.74, 6) is 0.0237. The van der Waals surface area contributed by atoms with E-state index in [1.807, 2.05) is 6.92 Å². The van der Waals surface area contributed by atoms with Gasteiger partial charge in [-0.3, -0.25) is 9.78 Å². The summed E-state index contributed by atoms with van der Waals surface area (Å²) in [6, 6.07) is 3.41. The van der Waals surface area contributed by atoms with E-state index in [-0.39, 0.29) is 5.78 Å². The van der Waals surface area contributed by atoms with Gasteiger partial charge in [0.05, 0.1) is 5.69 Å². The van der Waals surface area contributed by atoms with E-state index in [9.17, 15) is 4.79 Å². The summed E-state index contributed by atoms with van der Waals surface area (Å²) in [5.41, 5.74) is 6.44. The number of nitrogens with zero attached hydrogens (tertiary/aromatic N) is 1. The van der Waals surface area contributed by atoms with Crippen LogP contribution in [0.1, 0.15) is 30.3 Å². The minimum Gasteiger partial charge on any atom is -0.397 e. The van der Waals surface area contributed by atoms with Gasteiger partial charge in [0.25, 0.3) is 0 Å². The fourth-order valence-electron chi connectivity index (χ4n) is 0.996. The SMILES string of the molecule is CCCC(=O)c1ncccc1N. The first-order valence-corrected chi connectivity index (χ1v) is 3.99. The standard InChI is InChI=1S/C9H12N2O/c1-2-4-8(12)9-7(10)5-3-6-11-9/h3,5-6H,2,4,10H2,1H3. The predicted octanol–water partition coefficient (Wildman–Crippen LogP) is 1.65. The van der Waals surface area contributed by atoms with Crippen molar-refractivity contribution in [1.29, 1.82) is 0 Å². The van der Waals surface area contributed by atoms with E-state index in [2.05, 4.69) is 4.98 Å². The lowest BCUT2D eigenvalue weighted by atomic mass is 10.1. The molecule has 0 spiro atoms. The van der Waals surface area contributed by atoms with Crippen molar-refractivity contribution in [3.63, 3.8) is 0 Å². The molecular formula is C9H12N2O. The van der Waals surface area contributed by atoms with Crippen molar-refractivity contribution in [2.24, 2.45) is 0 Å². The van der Waals surface area contributed by atoms with E-state index in [1.165, 1.54) is 0 Å². The van der Waals surface area contributed by atoms with E-state index in [1.54, 1.807) is 18.3 Å². The highest BCUT2D eigenvalue weighted by Crippen LogP contribution is 2.10. The third kappa shape index (κ3) is 1.81. The van der Waals surface area contributed by atoms with E-state index < -0.39 is 0 Å². The quantitative estimate of drug-likeness (QED) is 0.691. The van der Waals surface area contributed by atoms with Gasteiger partial charge in [0.1, 0.15) is 5.69 Å². The van der Waals surface area contributed by atoms with Crippen LogP contribution >= 0.6 is 0 Å². The van der Waals surface area contributed by atoms with Crippen molar-refractivity contribution in [3.8, 4) is 0 Å². The Balaban J connectivity index is 2.87. The largest absolute Gasteiger partial charge is 0.397 e.